The normalized spacial score (nSPS) is 11.9. The van der Waals surface area contributed by atoms with Crippen LogP contribution in [0.15, 0.2) is 34.2 Å². The summed E-state index contributed by atoms with van der Waals surface area (Å²) in [5.74, 6) is 0.696. The van der Waals surface area contributed by atoms with Crippen LogP contribution in [0.25, 0.3) is 5.78 Å². The van der Waals surface area contributed by atoms with Crippen LogP contribution in [-0.2, 0) is 10.2 Å². The number of rotatable bonds is 5. The number of hydrogen-bond donors (Lipinski definition) is 2. The molecule has 0 spiro atoms. The third kappa shape index (κ3) is 4.41. The largest absolute Gasteiger partial charge is 0.325 e. The van der Waals surface area contributed by atoms with Crippen LogP contribution in [-0.4, -0.2) is 36.5 Å². The molecule has 0 atom stereocenters. The molecule has 0 aliphatic carbocycles. The number of aromatic nitrogens is 5. The van der Waals surface area contributed by atoms with Gasteiger partial charge in [-0.25, -0.2) is 0 Å². The van der Waals surface area contributed by atoms with Gasteiger partial charge in [-0.15, -0.1) is 10.2 Å². The smallest absolute Gasteiger partial charge is 0.274 e. The molecule has 3 rings (SSSR count). The Hall–Kier alpha value is -2.68. The molecule has 2 aromatic heterocycles. The number of aromatic amines is 1. The molecule has 0 fully saturated rings. The SMILES string of the molecule is CC(C)c1ccc(NC(=O)CSc2nnc3[nH]c(=O)c(C(C)(C)C)nn23)cc1. The summed E-state index contributed by atoms with van der Waals surface area (Å²) in [7, 11) is 0. The van der Waals surface area contributed by atoms with E-state index in [0.717, 1.165) is 5.69 Å². The Bertz CT molecular complexity index is 1050. The zero-order valence-electron chi connectivity index (χ0n) is 16.6. The lowest BCUT2D eigenvalue weighted by Crippen LogP contribution is -2.28. The number of fused-ring (bicyclic) bond motifs is 1. The van der Waals surface area contributed by atoms with E-state index in [1.807, 2.05) is 45.0 Å². The Balaban J connectivity index is 1.71. The molecule has 2 heterocycles. The first-order valence-corrected chi connectivity index (χ1v) is 10.0. The minimum atomic E-state index is -0.423. The highest BCUT2D eigenvalue weighted by molar-refractivity contribution is 7.99. The van der Waals surface area contributed by atoms with Crippen molar-refractivity contribution in [3.8, 4) is 0 Å². The van der Waals surface area contributed by atoms with Crippen molar-refractivity contribution in [2.45, 2.75) is 51.1 Å². The summed E-state index contributed by atoms with van der Waals surface area (Å²) < 4.78 is 1.47. The molecule has 3 aromatic rings. The van der Waals surface area contributed by atoms with E-state index < -0.39 is 5.41 Å². The number of amides is 1. The summed E-state index contributed by atoms with van der Waals surface area (Å²) in [4.78, 5) is 27.1. The van der Waals surface area contributed by atoms with Crippen LogP contribution in [0.5, 0.6) is 0 Å². The summed E-state index contributed by atoms with van der Waals surface area (Å²) in [5, 5.41) is 15.7. The average molecular weight is 401 g/mol. The zero-order valence-corrected chi connectivity index (χ0v) is 17.4. The Morgan fingerprint density at radius 3 is 2.50 bits per heavy atom. The van der Waals surface area contributed by atoms with Gasteiger partial charge in [-0.2, -0.15) is 9.61 Å². The van der Waals surface area contributed by atoms with Gasteiger partial charge in [0, 0.05) is 11.1 Å². The highest BCUT2D eigenvalue weighted by atomic mass is 32.2. The first kappa shape index (κ1) is 20.1. The molecule has 0 saturated carbocycles. The van der Waals surface area contributed by atoms with E-state index in [2.05, 4.69) is 39.4 Å². The topological polar surface area (TPSA) is 105 Å². The van der Waals surface area contributed by atoms with Gasteiger partial charge >= 0.3 is 0 Å². The van der Waals surface area contributed by atoms with Crippen molar-refractivity contribution in [2.24, 2.45) is 0 Å². The number of nitrogens with one attached hydrogen (secondary N) is 2. The van der Waals surface area contributed by atoms with Crippen molar-refractivity contribution in [3.05, 3.63) is 45.9 Å². The standard InChI is InChI=1S/C19H24N6O2S/c1-11(2)12-6-8-13(9-7-12)20-14(26)10-28-18-23-22-17-21-16(27)15(19(3,4)5)24-25(17)18/h6-9,11H,10H2,1-5H3,(H,20,26)(H,21,22,27). The van der Waals surface area contributed by atoms with Crippen LogP contribution in [0.1, 0.15) is 51.8 Å². The molecule has 8 nitrogen and oxygen atoms in total. The van der Waals surface area contributed by atoms with Gasteiger partial charge in [0.1, 0.15) is 5.69 Å². The van der Waals surface area contributed by atoms with Gasteiger partial charge in [0.05, 0.1) is 5.75 Å². The van der Waals surface area contributed by atoms with Crippen molar-refractivity contribution < 1.29 is 4.79 Å². The summed E-state index contributed by atoms with van der Waals surface area (Å²) in [6.45, 7) is 9.97. The number of hydrogen-bond acceptors (Lipinski definition) is 6. The molecule has 1 amide bonds. The first-order chi connectivity index (χ1) is 13.1. The maximum atomic E-state index is 12.3. The van der Waals surface area contributed by atoms with Crippen molar-refractivity contribution in [3.63, 3.8) is 0 Å². The van der Waals surface area contributed by atoms with E-state index >= 15 is 0 Å². The molecule has 0 unspecified atom stereocenters. The van der Waals surface area contributed by atoms with Gasteiger partial charge in [-0.1, -0.05) is 58.5 Å². The van der Waals surface area contributed by atoms with Crippen LogP contribution in [0.2, 0.25) is 0 Å². The van der Waals surface area contributed by atoms with Gasteiger partial charge < -0.3 is 5.32 Å². The Morgan fingerprint density at radius 2 is 1.89 bits per heavy atom. The number of carbonyl (C=O) groups excluding carboxylic acids is 1. The third-order valence-corrected chi connectivity index (χ3v) is 5.08. The second kappa shape index (κ2) is 7.75. The number of benzene rings is 1. The molecular weight excluding hydrogens is 376 g/mol. The molecule has 0 aliphatic rings. The molecule has 0 bridgehead atoms. The quantitative estimate of drug-likeness (QED) is 0.638. The molecule has 1 aromatic carbocycles. The van der Waals surface area contributed by atoms with Crippen molar-refractivity contribution in [1.82, 2.24) is 24.8 Å². The lowest BCUT2D eigenvalue weighted by atomic mass is 9.93. The second-order valence-corrected chi connectivity index (χ2v) is 8.83. The van der Waals surface area contributed by atoms with E-state index in [9.17, 15) is 9.59 Å². The summed E-state index contributed by atoms with van der Waals surface area (Å²) in [6, 6.07) is 7.81. The molecule has 0 saturated heterocycles. The maximum Gasteiger partial charge on any atom is 0.274 e. The van der Waals surface area contributed by atoms with Crippen molar-refractivity contribution in [2.75, 3.05) is 11.1 Å². The van der Waals surface area contributed by atoms with Crippen LogP contribution >= 0.6 is 11.8 Å². The van der Waals surface area contributed by atoms with Gasteiger partial charge in [0.2, 0.25) is 11.1 Å². The number of anilines is 1. The third-order valence-electron chi connectivity index (χ3n) is 4.16. The van der Waals surface area contributed by atoms with Crippen molar-refractivity contribution in [1.29, 1.82) is 0 Å². The van der Waals surface area contributed by atoms with E-state index in [1.54, 1.807) is 0 Å². The van der Waals surface area contributed by atoms with Gasteiger partial charge in [0.25, 0.3) is 11.3 Å². The first-order valence-electron chi connectivity index (χ1n) is 9.04. The van der Waals surface area contributed by atoms with E-state index in [4.69, 9.17) is 0 Å². The zero-order chi connectivity index (χ0) is 20.5. The number of thioether (sulfide) groups is 1. The summed E-state index contributed by atoms with van der Waals surface area (Å²) >= 11 is 1.21. The Morgan fingerprint density at radius 1 is 1.21 bits per heavy atom. The van der Waals surface area contributed by atoms with E-state index in [0.29, 0.717) is 16.8 Å². The predicted octanol–water partition coefficient (Wildman–Crippen LogP) is 2.96. The fraction of sp³-hybridized carbons (Fsp3) is 0.421. The minimum Gasteiger partial charge on any atom is -0.325 e. The lowest BCUT2D eigenvalue weighted by molar-refractivity contribution is -0.113. The number of nitrogens with zero attached hydrogens (tertiary/aromatic N) is 4. The van der Waals surface area contributed by atoms with Gasteiger partial charge in [0.15, 0.2) is 0 Å². The fourth-order valence-electron chi connectivity index (χ4n) is 2.60. The maximum absolute atomic E-state index is 12.3. The molecule has 28 heavy (non-hydrogen) atoms. The highest BCUT2D eigenvalue weighted by Gasteiger charge is 2.22. The fourth-order valence-corrected chi connectivity index (χ4v) is 3.28. The van der Waals surface area contributed by atoms with Gasteiger partial charge in [-0.05, 0) is 23.6 Å². The van der Waals surface area contributed by atoms with Crippen LogP contribution < -0.4 is 10.9 Å². The Labute approximate surface area is 167 Å². The highest BCUT2D eigenvalue weighted by Crippen LogP contribution is 2.20. The van der Waals surface area contributed by atoms with Crippen molar-refractivity contribution >= 4 is 29.1 Å². The van der Waals surface area contributed by atoms with Crippen LogP contribution in [0, 0.1) is 0 Å². The number of carbonyl (C=O) groups is 1. The number of H-pyrrole nitrogens is 1. The summed E-state index contributed by atoms with van der Waals surface area (Å²) in [6.07, 6.45) is 0. The summed E-state index contributed by atoms with van der Waals surface area (Å²) in [5.41, 5.74) is 1.64. The van der Waals surface area contributed by atoms with E-state index in [-0.39, 0.29) is 23.0 Å². The molecule has 0 aliphatic heterocycles. The van der Waals surface area contributed by atoms with E-state index in [1.165, 1.54) is 21.8 Å². The van der Waals surface area contributed by atoms with Crippen LogP contribution in [0.3, 0.4) is 0 Å². The molecular formula is C19H24N6O2S. The molecule has 2 N–H and O–H groups in total. The van der Waals surface area contributed by atoms with Gasteiger partial charge in [-0.3, -0.25) is 14.6 Å². The second-order valence-electron chi connectivity index (χ2n) is 7.88. The van der Waals surface area contributed by atoms with Crippen LogP contribution in [0.4, 0.5) is 5.69 Å². The lowest BCUT2D eigenvalue weighted by Gasteiger charge is -2.15. The molecule has 9 heteroatoms. The minimum absolute atomic E-state index is 0.151. The monoisotopic (exact) mass is 400 g/mol. The predicted molar refractivity (Wildman–Crippen MR) is 110 cm³/mol. The molecule has 148 valence electrons. The molecule has 0 radical (unpaired) electrons. The Kier molecular flexibility index (Phi) is 5.55. The average Bonchev–Trinajstić information content (AvgIpc) is 3.00.